The fraction of sp³-hybridized carbons (Fsp3) is 0.533. The molecule has 0 N–H and O–H groups in total. The second-order valence-electron chi connectivity index (χ2n) is 5.39. The van der Waals surface area contributed by atoms with Crippen LogP contribution in [-0.4, -0.2) is 6.29 Å². The lowest BCUT2D eigenvalue weighted by Gasteiger charge is -2.20. The lowest BCUT2D eigenvalue weighted by molar-refractivity contribution is -0.111. The third-order valence-corrected chi connectivity index (χ3v) is 4.21. The van der Waals surface area contributed by atoms with Gasteiger partial charge in [0.1, 0.15) is 6.29 Å². The largest absolute Gasteiger partial charge is 0.302 e. The maximum Gasteiger partial charge on any atom is 0.134 e. The molecule has 0 bridgehead atoms. The normalized spacial score (nSPS) is 34.8. The predicted octanol–water partition coefficient (Wildman–Crippen LogP) is 3.68. The minimum Gasteiger partial charge on any atom is -0.302 e. The van der Waals surface area contributed by atoms with Crippen molar-refractivity contribution >= 4 is 6.29 Å². The first kappa shape index (κ1) is 11.4. The Labute approximate surface area is 97.9 Å². The van der Waals surface area contributed by atoms with E-state index in [1.807, 2.05) is 6.92 Å². The summed E-state index contributed by atoms with van der Waals surface area (Å²) >= 11 is 0. The maximum absolute atomic E-state index is 11.1. The van der Waals surface area contributed by atoms with Crippen LogP contribution in [0.1, 0.15) is 34.1 Å². The van der Waals surface area contributed by atoms with Crippen LogP contribution in [0.2, 0.25) is 0 Å². The number of hydrogen-bond donors (Lipinski definition) is 0. The summed E-state index contributed by atoms with van der Waals surface area (Å²) in [5.74, 6) is 1.06. The van der Waals surface area contributed by atoms with E-state index in [0.29, 0.717) is 11.8 Å². The molecule has 0 fully saturated rings. The fourth-order valence-electron chi connectivity index (χ4n) is 2.89. The SMILES string of the molecule is CC1=C(C(C)C2=CC=CC(C)C2)[C@@]1(C)C=O. The predicted molar refractivity (Wildman–Crippen MR) is 67.0 cm³/mol. The van der Waals surface area contributed by atoms with E-state index in [0.717, 1.165) is 12.7 Å². The average molecular weight is 216 g/mol. The van der Waals surface area contributed by atoms with Gasteiger partial charge in [0.15, 0.2) is 0 Å². The molecule has 0 radical (unpaired) electrons. The van der Waals surface area contributed by atoms with Crippen molar-refractivity contribution in [3.05, 3.63) is 34.9 Å². The van der Waals surface area contributed by atoms with Crippen LogP contribution in [0, 0.1) is 17.3 Å². The van der Waals surface area contributed by atoms with E-state index in [2.05, 4.69) is 39.0 Å². The van der Waals surface area contributed by atoms with Crippen LogP contribution >= 0.6 is 0 Å². The number of aldehydes is 1. The van der Waals surface area contributed by atoms with E-state index in [-0.39, 0.29) is 5.41 Å². The molecule has 0 aromatic carbocycles. The van der Waals surface area contributed by atoms with E-state index in [4.69, 9.17) is 0 Å². The standard InChI is InChI=1S/C15H20O/c1-10-6-5-7-13(8-10)11(2)14-12(3)15(14,4)9-16/h5-7,9-11H,8H2,1-4H3/t10?,11?,15-/m0/s1. The molecule has 0 aromatic rings. The Bertz CT molecular complexity index is 411. The summed E-state index contributed by atoms with van der Waals surface area (Å²) in [5, 5.41) is 0. The molecule has 86 valence electrons. The Kier molecular flexibility index (Phi) is 2.65. The molecule has 0 spiro atoms. The molecule has 0 saturated carbocycles. The van der Waals surface area contributed by atoms with E-state index in [9.17, 15) is 4.79 Å². The van der Waals surface area contributed by atoms with Crippen molar-refractivity contribution in [2.45, 2.75) is 34.1 Å². The molecule has 0 saturated heterocycles. The third-order valence-electron chi connectivity index (χ3n) is 4.21. The highest BCUT2D eigenvalue weighted by molar-refractivity contribution is 5.80. The summed E-state index contributed by atoms with van der Waals surface area (Å²) in [4.78, 5) is 11.1. The van der Waals surface area contributed by atoms with Gasteiger partial charge in [-0.05, 0) is 37.7 Å². The summed E-state index contributed by atoms with van der Waals surface area (Å²) in [6.45, 7) is 8.58. The average Bonchev–Trinajstić information content (AvgIpc) is 2.81. The topological polar surface area (TPSA) is 17.1 Å². The second kappa shape index (κ2) is 3.73. The first-order valence-corrected chi connectivity index (χ1v) is 6.06. The number of rotatable bonds is 3. The zero-order valence-electron chi connectivity index (χ0n) is 10.6. The zero-order chi connectivity index (χ0) is 11.9. The van der Waals surface area contributed by atoms with Crippen LogP contribution in [0.15, 0.2) is 34.9 Å². The molecule has 0 aromatic heterocycles. The summed E-state index contributed by atoms with van der Waals surface area (Å²) in [5.41, 5.74) is 3.86. The fourth-order valence-corrected chi connectivity index (χ4v) is 2.89. The number of hydrogen-bond acceptors (Lipinski definition) is 1. The first-order valence-electron chi connectivity index (χ1n) is 6.06. The van der Waals surface area contributed by atoms with Crippen molar-refractivity contribution in [2.75, 3.05) is 0 Å². The minimum atomic E-state index is -0.231. The van der Waals surface area contributed by atoms with Gasteiger partial charge in [0.05, 0.1) is 5.41 Å². The van der Waals surface area contributed by atoms with Gasteiger partial charge in [0.2, 0.25) is 0 Å². The van der Waals surface area contributed by atoms with Crippen molar-refractivity contribution in [3.8, 4) is 0 Å². The quantitative estimate of drug-likeness (QED) is 0.519. The molecule has 2 unspecified atom stereocenters. The maximum atomic E-state index is 11.1. The summed E-state index contributed by atoms with van der Waals surface area (Å²) in [6.07, 6.45) is 8.83. The highest BCUT2D eigenvalue weighted by atomic mass is 16.1. The first-order chi connectivity index (χ1) is 7.50. The van der Waals surface area contributed by atoms with Crippen LogP contribution < -0.4 is 0 Å². The van der Waals surface area contributed by atoms with E-state index >= 15 is 0 Å². The van der Waals surface area contributed by atoms with Gasteiger partial charge < -0.3 is 4.79 Å². The van der Waals surface area contributed by atoms with Gasteiger partial charge in [0, 0.05) is 0 Å². The third kappa shape index (κ3) is 1.59. The highest BCUT2D eigenvalue weighted by Gasteiger charge is 2.48. The molecule has 0 aliphatic heterocycles. The van der Waals surface area contributed by atoms with E-state index in [1.54, 1.807) is 0 Å². The molecule has 3 atom stereocenters. The van der Waals surface area contributed by atoms with Crippen molar-refractivity contribution in [1.29, 1.82) is 0 Å². The summed E-state index contributed by atoms with van der Waals surface area (Å²) in [7, 11) is 0. The van der Waals surface area contributed by atoms with Crippen molar-refractivity contribution < 1.29 is 4.79 Å². The molecule has 0 heterocycles. The van der Waals surface area contributed by atoms with Crippen LogP contribution in [0.3, 0.4) is 0 Å². The van der Waals surface area contributed by atoms with Gasteiger partial charge in [-0.3, -0.25) is 0 Å². The van der Waals surface area contributed by atoms with Crippen LogP contribution in [0.5, 0.6) is 0 Å². The van der Waals surface area contributed by atoms with Crippen LogP contribution in [0.25, 0.3) is 0 Å². The van der Waals surface area contributed by atoms with Crippen LogP contribution in [-0.2, 0) is 4.79 Å². The molecule has 1 nitrogen and oxygen atoms in total. The number of carbonyl (C=O) groups excluding carboxylic acids is 1. The Morgan fingerprint density at radius 3 is 2.75 bits per heavy atom. The molecule has 2 aliphatic rings. The Hall–Kier alpha value is -1.11. The zero-order valence-corrected chi connectivity index (χ0v) is 10.6. The molecule has 1 heteroatoms. The van der Waals surface area contributed by atoms with Crippen LogP contribution in [0.4, 0.5) is 0 Å². The van der Waals surface area contributed by atoms with Gasteiger partial charge in [-0.1, -0.05) is 43.2 Å². The lowest BCUT2D eigenvalue weighted by Crippen LogP contribution is -2.11. The van der Waals surface area contributed by atoms with E-state index < -0.39 is 0 Å². The molecule has 0 amide bonds. The Balaban J connectivity index is 2.16. The molecule has 2 rings (SSSR count). The Morgan fingerprint density at radius 1 is 1.56 bits per heavy atom. The number of allylic oxidation sites excluding steroid dienone is 6. The van der Waals surface area contributed by atoms with Gasteiger partial charge in [-0.25, -0.2) is 0 Å². The van der Waals surface area contributed by atoms with Gasteiger partial charge in [-0.15, -0.1) is 0 Å². The molecule has 16 heavy (non-hydrogen) atoms. The second-order valence-corrected chi connectivity index (χ2v) is 5.39. The highest BCUT2D eigenvalue weighted by Crippen LogP contribution is 2.56. The smallest absolute Gasteiger partial charge is 0.134 e. The minimum absolute atomic E-state index is 0.231. The summed E-state index contributed by atoms with van der Waals surface area (Å²) in [6, 6.07) is 0. The van der Waals surface area contributed by atoms with Gasteiger partial charge in [-0.2, -0.15) is 0 Å². The molecular formula is C15H20O. The lowest BCUT2D eigenvalue weighted by atomic mass is 9.84. The molecule has 2 aliphatic carbocycles. The van der Waals surface area contributed by atoms with Crippen molar-refractivity contribution in [2.24, 2.45) is 17.3 Å². The Morgan fingerprint density at radius 2 is 2.25 bits per heavy atom. The van der Waals surface area contributed by atoms with Crippen molar-refractivity contribution in [3.63, 3.8) is 0 Å². The van der Waals surface area contributed by atoms with E-state index in [1.165, 1.54) is 16.7 Å². The number of carbonyl (C=O) groups is 1. The van der Waals surface area contributed by atoms with Gasteiger partial charge >= 0.3 is 0 Å². The molecular weight excluding hydrogens is 196 g/mol. The summed E-state index contributed by atoms with van der Waals surface area (Å²) < 4.78 is 0. The van der Waals surface area contributed by atoms with Crippen molar-refractivity contribution in [1.82, 2.24) is 0 Å². The monoisotopic (exact) mass is 216 g/mol. The van der Waals surface area contributed by atoms with Gasteiger partial charge in [0.25, 0.3) is 0 Å².